The molecule has 0 heterocycles. The van der Waals surface area contributed by atoms with E-state index < -0.39 is 12.6 Å². The van der Waals surface area contributed by atoms with Crippen LogP contribution in [0.2, 0.25) is 0 Å². The maximum Gasteiger partial charge on any atom is 0.389 e. The van der Waals surface area contributed by atoms with Crippen LogP contribution in [0.4, 0.5) is 13.2 Å². The summed E-state index contributed by atoms with van der Waals surface area (Å²) in [4.78, 5) is 0. The van der Waals surface area contributed by atoms with E-state index in [1.165, 1.54) is 5.56 Å². The van der Waals surface area contributed by atoms with Crippen LogP contribution in [-0.4, -0.2) is 6.18 Å². The molecule has 0 N–H and O–H groups in total. The van der Waals surface area contributed by atoms with Gasteiger partial charge in [-0.1, -0.05) is 43.5 Å². The Balaban J connectivity index is 1.95. The van der Waals surface area contributed by atoms with Crippen molar-refractivity contribution in [2.45, 2.75) is 51.1 Å². The summed E-state index contributed by atoms with van der Waals surface area (Å²) in [5.41, 5.74) is 1.25. The fourth-order valence-electron chi connectivity index (χ4n) is 1.77. The van der Waals surface area contributed by atoms with Gasteiger partial charge in [0.1, 0.15) is 0 Å². The second-order valence-electron chi connectivity index (χ2n) is 4.29. The summed E-state index contributed by atoms with van der Waals surface area (Å²) in [7, 11) is 0. The van der Waals surface area contributed by atoms with Gasteiger partial charge < -0.3 is 0 Å². The van der Waals surface area contributed by atoms with Gasteiger partial charge in [0.15, 0.2) is 0 Å². The van der Waals surface area contributed by atoms with Gasteiger partial charge in [-0.15, -0.1) is 0 Å². The molecular formula is C14H18F3. The van der Waals surface area contributed by atoms with Crippen LogP contribution >= 0.6 is 0 Å². The van der Waals surface area contributed by atoms with Gasteiger partial charge >= 0.3 is 6.18 Å². The minimum atomic E-state index is -3.99. The van der Waals surface area contributed by atoms with Gasteiger partial charge in [-0.05, 0) is 30.9 Å². The second kappa shape index (κ2) is 7.36. The highest BCUT2D eigenvalue weighted by Gasteiger charge is 2.25. The van der Waals surface area contributed by atoms with E-state index in [4.69, 9.17) is 0 Å². The second-order valence-corrected chi connectivity index (χ2v) is 4.29. The minimum Gasteiger partial charge on any atom is -0.171 e. The van der Waals surface area contributed by atoms with Crippen LogP contribution in [0, 0.1) is 6.07 Å². The first-order chi connectivity index (χ1) is 8.08. The van der Waals surface area contributed by atoms with E-state index in [-0.39, 0.29) is 6.42 Å². The van der Waals surface area contributed by atoms with Crippen molar-refractivity contribution < 1.29 is 13.2 Å². The molecule has 17 heavy (non-hydrogen) atoms. The monoisotopic (exact) mass is 243 g/mol. The molecule has 0 aliphatic carbocycles. The van der Waals surface area contributed by atoms with Crippen LogP contribution in [0.15, 0.2) is 24.3 Å². The van der Waals surface area contributed by atoms with Crippen LogP contribution < -0.4 is 0 Å². The first-order valence-corrected chi connectivity index (χ1v) is 6.10. The molecule has 0 unspecified atom stereocenters. The zero-order valence-electron chi connectivity index (χ0n) is 9.89. The lowest BCUT2D eigenvalue weighted by Crippen LogP contribution is -2.06. The third-order valence-corrected chi connectivity index (χ3v) is 2.70. The highest BCUT2D eigenvalue weighted by atomic mass is 19.4. The summed E-state index contributed by atoms with van der Waals surface area (Å²) in [6.45, 7) is 0. The van der Waals surface area contributed by atoms with Crippen LogP contribution in [0.25, 0.3) is 0 Å². The number of hydrogen-bond acceptors (Lipinski definition) is 0. The van der Waals surface area contributed by atoms with Crippen LogP contribution in [0.3, 0.4) is 0 Å². The number of unbranched alkanes of at least 4 members (excludes halogenated alkanes) is 4. The summed E-state index contributed by atoms with van der Waals surface area (Å²) < 4.78 is 35.5. The molecule has 0 aromatic heterocycles. The van der Waals surface area contributed by atoms with Crippen molar-refractivity contribution in [2.75, 3.05) is 0 Å². The van der Waals surface area contributed by atoms with Crippen molar-refractivity contribution in [3.63, 3.8) is 0 Å². The zero-order chi connectivity index (χ0) is 12.6. The third kappa shape index (κ3) is 7.83. The topological polar surface area (TPSA) is 0 Å². The molecule has 0 aliphatic rings. The predicted octanol–water partition coefficient (Wildman–Crippen LogP) is 4.93. The lowest BCUT2D eigenvalue weighted by molar-refractivity contribution is -0.135. The Morgan fingerprint density at radius 2 is 1.71 bits per heavy atom. The molecule has 0 aliphatic heterocycles. The predicted molar refractivity (Wildman–Crippen MR) is 62.7 cm³/mol. The molecule has 95 valence electrons. The fraction of sp³-hybridized carbons (Fsp3) is 0.571. The standard InChI is InChI=1S/C14H18F3/c15-14(16,17)12-8-3-1-2-5-9-13-10-6-4-7-11-13/h4,6,10-11H,1-3,5,8-9,12H2. The fourth-order valence-corrected chi connectivity index (χ4v) is 1.77. The van der Waals surface area contributed by atoms with Gasteiger partial charge in [0, 0.05) is 6.42 Å². The number of rotatable bonds is 7. The van der Waals surface area contributed by atoms with E-state index in [0.717, 1.165) is 25.7 Å². The van der Waals surface area contributed by atoms with Crippen LogP contribution in [0.1, 0.15) is 44.1 Å². The van der Waals surface area contributed by atoms with Gasteiger partial charge in [0.25, 0.3) is 0 Å². The number of benzene rings is 1. The molecule has 0 spiro atoms. The first-order valence-electron chi connectivity index (χ1n) is 6.10. The zero-order valence-corrected chi connectivity index (χ0v) is 9.89. The Bertz CT molecular complexity index is 290. The quantitative estimate of drug-likeness (QED) is 0.595. The third-order valence-electron chi connectivity index (χ3n) is 2.70. The van der Waals surface area contributed by atoms with Crippen LogP contribution in [0.5, 0.6) is 0 Å². The lowest BCUT2D eigenvalue weighted by atomic mass is 10.1. The summed E-state index contributed by atoms with van der Waals surface area (Å²) in [6, 6.07) is 10.9. The molecule has 0 amide bonds. The minimum absolute atomic E-state index is 0.266. The molecule has 0 fully saturated rings. The lowest BCUT2D eigenvalue weighted by Gasteiger charge is -2.05. The van der Waals surface area contributed by atoms with Crippen molar-refractivity contribution in [1.29, 1.82) is 0 Å². The molecule has 0 saturated carbocycles. The van der Waals surface area contributed by atoms with E-state index in [0.29, 0.717) is 6.42 Å². The van der Waals surface area contributed by atoms with E-state index >= 15 is 0 Å². The molecule has 0 bridgehead atoms. The summed E-state index contributed by atoms with van der Waals surface area (Å²) >= 11 is 0. The normalized spacial score (nSPS) is 11.7. The van der Waals surface area contributed by atoms with Crippen molar-refractivity contribution in [3.8, 4) is 0 Å². The van der Waals surface area contributed by atoms with Gasteiger partial charge in [-0.3, -0.25) is 0 Å². The maximum absolute atomic E-state index is 11.8. The van der Waals surface area contributed by atoms with Crippen molar-refractivity contribution >= 4 is 0 Å². The summed E-state index contributed by atoms with van der Waals surface area (Å²) in [6.07, 6.45) is 0.267. The van der Waals surface area contributed by atoms with Gasteiger partial charge in [0.05, 0.1) is 0 Å². The largest absolute Gasteiger partial charge is 0.389 e. The van der Waals surface area contributed by atoms with E-state index in [1.807, 2.05) is 18.2 Å². The molecule has 1 aromatic rings. The van der Waals surface area contributed by atoms with Gasteiger partial charge in [0.2, 0.25) is 0 Å². The molecule has 0 saturated heterocycles. The number of aryl methyl sites for hydroxylation is 1. The first kappa shape index (κ1) is 14.1. The van der Waals surface area contributed by atoms with Gasteiger partial charge in [-0.25, -0.2) is 0 Å². The average molecular weight is 243 g/mol. The van der Waals surface area contributed by atoms with Crippen LogP contribution in [-0.2, 0) is 6.42 Å². The molecule has 1 radical (unpaired) electrons. The summed E-state index contributed by atoms with van der Waals surface area (Å²) in [5, 5.41) is 0. The maximum atomic E-state index is 11.8. The van der Waals surface area contributed by atoms with Gasteiger partial charge in [-0.2, -0.15) is 13.2 Å². The van der Waals surface area contributed by atoms with Crippen molar-refractivity contribution in [3.05, 3.63) is 35.9 Å². The summed E-state index contributed by atoms with van der Waals surface area (Å²) in [5.74, 6) is 0. The highest BCUT2D eigenvalue weighted by Crippen LogP contribution is 2.23. The van der Waals surface area contributed by atoms with Crippen molar-refractivity contribution in [1.82, 2.24) is 0 Å². The van der Waals surface area contributed by atoms with E-state index in [2.05, 4.69) is 12.1 Å². The van der Waals surface area contributed by atoms with E-state index in [1.54, 1.807) is 0 Å². The molecule has 0 atom stereocenters. The number of hydrogen-bond donors (Lipinski definition) is 0. The molecule has 3 heteroatoms. The Morgan fingerprint density at radius 1 is 1.00 bits per heavy atom. The van der Waals surface area contributed by atoms with Crippen molar-refractivity contribution in [2.24, 2.45) is 0 Å². The Labute approximate surface area is 101 Å². The Kier molecular flexibility index (Phi) is 6.09. The smallest absolute Gasteiger partial charge is 0.171 e. The average Bonchev–Trinajstić information content (AvgIpc) is 2.28. The Hall–Kier alpha value is -0.990. The number of alkyl halides is 3. The SMILES string of the molecule is FC(F)(F)CCCCCCCc1c[c]ccc1. The molecule has 1 aromatic carbocycles. The highest BCUT2D eigenvalue weighted by molar-refractivity contribution is 5.13. The molecule has 1 rings (SSSR count). The molecular weight excluding hydrogens is 225 g/mol. The molecule has 0 nitrogen and oxygen atoms in total. The Morgan fingerprint density at radius 3 is 2.35 bits per heavy atom. The number of halogens is 3. The van der Waals surface area contributed by atoms with E-state index in [9.17, 15) is 13.2 Å².